The minimum absolute atomic E-state index is 0.354. The Balaban J connectivity index is 1.33. The monoisotopic (exact) mass is 328 g/mol. The highest BCUT2D eigenvalue weighted by molar-refractivity contribution is 5.36. The van der Waals surface area contributed by atoms with Crippen LogP contribution in [0.15, 0.2) is 24.3 Å². The summed E-state index contributed by atoms with van der Waals surface area (Å²) < 4.78 is 17.5. The molecule has 3 fully saturated rings. The zero-order chi connectivity index (χ0) is 16.4. The van der Waals surface area contributed by atoms with Crippen LogP contribution < -0.4 is 4.74 Å². The summed E-state index contributed by atoms with van der Waals surface area (Å²) in [4.78, 5) is 2.60. The zero-order valence-corrected chi connectivity index (χ0v) is 13.9. The second kappa shape index (κ2) is 7.10. The van der Waals surface area contributed by atoms with Crippen molar-refractivity contribution in [3.05, 3.63) is 29.8 Å². The van der Waals surface area contributed by atoms with Gasteiger partial charge in [0.05, 0.1) is 31.0 Å². The minimum atomic E-state index is 0.354. The lowest BCUT2D eigenvalue weighted by Gasteiger charge is -2.31. The van der Waals surface area contributed by atoms with E-state index in [0.29, 0.717) is 36.2 Å². The van der Waals surface area contributed by atoms with Gasteiger partial charge in [-0.1, -0.05) is 6.07 Å². The minimum Gasteiger partial charge on any atom is -0.493 e. The van der Waals surface area contributed by atoms with Crippen molar-refractivity contribution in [3.63, 3.8) is 0 Å². The van der Waals surface area contributed by atoms with Crippen LogP contribution in [0.25, 0.3) is 0 Å². The Morgan fingerprint density at radius 1 is 1.25 bits per heavy atom. The van der Waals surface area contributed by atoms with Gasteiger partial charge in [-0.2, -0.15) is 5.26 Å². The summed E-state index contributed by atoms with van der Waals surface area (Å²) in [6.07, 6.45) is 2.63. The Hall–Kier alpha value is -1.61. The van der Waals surface area contributed by atoms with Gasteiger partial charge in [0, 0.05) is 44.2 Å². The van der Waals surface area contributed by atoms with E-state index in [1.54, 1.807) is 12.1 Å². The van der Waals surface area contributed by atoms with E-state index in [1.807, 2.05) is 12.1 Å². The molecule has 5 nitrogen and oxygen atoms in total. The molecule has 0 radical (unpaired) electrons. The highest BCUT2D eigenvalue weighted by Crippen LogP contribution is 2.36. The number of ether oxygens (including phenoxy) is 3. The molecule has 3 saturated heterocycles. The molecule has 1 aromatic rings. The number of likely N-dealkylation sites (tertiary alicyclic amines) is 1. The van der Waals surface area contributed by atoms with Crippen LogP contribution in [0.2, 0.25) is 0 Å². The molecule has 3 heterocycles. The maximum Gasteiger partial charge on any atom is 0.120 e. The lowest BCUT2D eigenvalue weighted by atomic mass is 9.94. The fourth-order valence-electron chi connectivity index (χ4n) is 4.21. The van der Waals surface area contributed by atoms with E-state index in [9.17, 15) is 0 Å². The third-order valence-corrected chi connectivity index (χ3v) is 5.60. The summed E-state index contributed by atoms with van der Waals surface area (Å²) >= 11 is 0. The van der Waals surface area contributed by atoms with E-state index < -0.39 is 0 Å². The number of nitriles is 1. The van der Waals surface area contributed by atoms with Gasteiger partial charge >= 0.3 is 0 Å². The number of nitrogens with zero attached hydrogens (tertiary/aromatic N) is 2. The van der Waals surface area contributed by atoms with Crippen molar-refractivity contribution in [2.24, 2.45) is 11.8 Å². The van der Waals surface area contributed by atoms with Gasteiger partial charge < -0.3 is 14.2 Å². The fourth-order valence-corrected chi connectivity index (χ4v) is 4.21. The van der Waals surface area contributed by atoms with Crippen molar-refractivity contribution in [3.8, 4) is 11.8 Å². The Bertz CT molecular complexity index is 609. The molecule has 128 valence electrons. The topological polar surface area (TPSA) is 54.7 Å². The Kier molecular flexibility index (Phi) is 4.70. The number of fused-ring (bicyclic) bond motifs is 1. The highest BCUT2D eigenvalue weighted by atomic mass is 16.5. The average Bonchev–Trinajstić information content (AvgIpc) is 3.22. The van der Waals surface area contributed by atoms with Crippen LogP contribution >= 0.6 is 0 Å². The van der Waals surface area contributed by atoms with Crippen molar-refractivity contribution in [2.75, 3.05) is 39.5 Å². The Labute approximate surface area is 143 Å². The first kappa shape index (κ1) is 15.9. The quantitative estimate of drug-likeness (QED) is 0.847. The van der Waals surface area contributed by atoms with Gasteiger partial charge in [-0.15, -0.1) is 0 Å². The molecule has 3 aliphatic rings. The SMILES string of the molecule is N#Cc1cccc(OC[C@H]2CO[C@@H]3CN(C4CCOCC4)C[C@H]23)c1. The predicted octanol–water partition coefficient (Wildman–Crippen LogP) is 2.06. The van der Waals surface area contributed by atoms with Crippen molar-refractivity contribution < 1.29 is 14.2 Å². The van der Waals surface area contributed by atoms with Crippen molar-refractivity contribution in [1.29, 1.82) is 5.26 Å². The van der Waals surface area contributed by atoms with Crippen LogP contribution in [-0.2, 0) is 9.47 Å². The van der Waals surface area contributed by atoms with E-state index in [1.165, 1.54) is 0 Å². The molecule has 0 saturated carbocycles. The number of hydrogen-bond acceptors (Lipinski definition) is 5. The molecule has 0 amide bonds. The standard InChI is InChI=1S/C19H24N2O3/c20-9-14-2-1-3-17(8-14)23-12-15-13-24-19-11-21(10-18(15)19)16-4-6-22-7-5-16/h1-3,8,15-16,18-19H,4-7,10-13H2/t15-,18+,19+/m0/s1. The largest absolute Gasteiger partial charge is 0.493 e. The Morgan fingerprint density at radius 2 is 2.12 bits per heavy atom. The van der Waals surface area contributed by atoms with Gasteiger partial charge in [-0.3, -0.25) is 4.90 Å². The molecular weight excluding hydrogens is 304 g/mol. The summed E-state index contributed by atoms with van der Waals surface area (Å²) in [5.74, 6) is 1.77. The number of benzene rings is 1. The molecule has 0 aromatic heterocycles. The first-order valence-corrected chi connectivity index (χ1v) is 8.90. The van der Waals surface area contributed by atoms with Crippen LogP contribution in [-0.4, -0.2) is 56.6 Å². The maximum atomic E-state index is 8.98. The molecule has 24 heavy (non-hydrogen) atoms. The van der Waals surface area contributed by atoms with E-state index in [0.717, 1.165) is 51.5 Å². The van der Waals surface area contributed by atoms with E-state index in [-0.39, 0.29) is 0 Å². The molecule has 3 aliphatic heterocycles. The molecule has 4 rings (SSSR count). The number of rotatable bonds is 4. The van der Waals surface area contributed by atoms with Crippen LogP contribution in [0.5, 0.6) is 5.75 Å². The molecular formula is C19H24N2O3. The normalized spacial score (nSPS) is 30.9. The maximum absolute atomic E-state index is 8.98. The van der Waals surface area contributed by atoms with Crippen molar-refractivity contribution in [2.45, 2.75) is 25.0 Å². The van der Waals surface area contributed by atoms with Gasteiger partial charge in [-0.25, -0.2) is 0 Å². The smallest absolute Gasteiger partial charge is 0.120 e. The Morgan fingerprint density at radius 3 is 2.96 bits per heavy atom. The molecule has 0 N–H and O–H groups in total. The van der Waals surface area contributed by atoms with Crippen LogP contribution in [0.1, 0.15) is 18.4 Å². The molecule has 0 unspecified atom stereocenters. The summed E-state index contributed by atoms with van der Waals surface area (Å²) in [6, 6.07) is 10.2. The summed E-state index contributed by atoms with van der Waals surface area (Å²) in [5.41, 5.74) is 0.639. The molecule has 0 bridgehead atoms. The average molecular weight is 328 g/mol. The first-order valence-electron chi connectivity index (χ1n) is 8.90. The summed E-state index contributed by atoms with van der Waals surface area (Å²) in [7, 11) is 0. The fraction of sp³-hybridized carbons (Fsp3) is 0.632. The third-order valence-electron chi connectivity index (χ3n) is 5.60. The first-order chi connectivity index (χ1) is 11.8. The second-order valence-corrected chi connectivity index (χ2v) is 7.04. The van der Waals surface area contributed by atoms with Gasteiger partial charge in [-0.05, 0) is 31.0 Å². The van der Waals surface area contributed by atoms with Gasteiger partial charge in [0.2, 0.25) is 0 Å². The molecule has 5 heteroatoms. The van der Waals surface area contributed by atoms with E-state index in [4.69, 9.17) is 19.5 Å². The lowest BCUT2D eigenvalue weighted by Crippen LogP contribution is -2.39. The lowest BCUT2D eigenvalue weighted by molar-refractivity contribution is 0.0271. The van der Waals surface area contributed by atoms with Crippen molar-refractivity contribution >= 4 is 0 Å². The van der Waals surface area contributed by atoms with E-state index >= 15 is 0 Å². The molecule has 0 spiro atoms. The van der Waals surface area contributed by atoms with Crippen LogP contribution in [0.4, 0.5) is 0 Å². The van der Waals surface area contributed by atoms with E-state index in [2.05, 4.69) is 11.0 Å². The van der Waals surface area contributed by atoms with Gasteiger partial charge in [0.25, 0.3) is 0 Å². The predicted molar refractivity (Wildman–Crippen MR) is 88.8 cm³/mol. The zero-order valence-electron chi connectivity index (χ0n) is 13.9. The van der Waals surface area contributed by atoms with Crippen LogP contribution in [0.3, 0.4) is 0 Å². The highest BCUT2D eigenvalue weighted by Gasteiger charge is 2.45. The molecule has 3 atom stereocenters. The van der Waals surface area contributed by atoms with Gasteiger partial charge in [0.1, 0.15) is 5.75 Å². The third kappa shape index (κ3) is 3.27. The molecule has 1 aromatic carbocycles. The summed E-state index contributed by atoms with van der Waals surface area (Å²) in [6.45, 7) is 5.39. The van der Waals surface area contributed by atoms with Crippen molar-refractivity contribution in [1.82, 2.24) is 4.90 Å². The number of hydrogen-bond donors (Lipinski definition) is 0. The second-order valence-electron chi connectivity index (χ2n) is 7.04. The van der Waals surface area contributed by atoms with Crippen LogP contribution in [0, 0.1) is 23.2 Å². The summed E-state index contributed by atoms with van der Waals surface area (Å²) in [5, 5.41) is 8.98. The molecule has 0 aliphatic carbocycles. The van der Waals surface area contributed by atoms with Gasteiger partial charge in [0.15, 0.2) is 0 Å².